The van der Waals surface area contributed by atoms with Crippen LogP contribution in [0, 0.1) is 0 Å². The minimum absolute atomic E-state index is 0.507. The zero-order valence-electron chi connectivity index (χ0n) is 6.26. The Hall–Kier alpha value is -0.830. The smallest absolute Gasteiger partial charge is 0.162 e. The lowest BCUT2D eigenvalue weighted by Gasteiger charge is -1.87. The molecule has 0 bridgehead atoms. The van der Waals surface area contributed by atoms with Gasteiger partial charge in [-0.05, 0) is 6.42 Å². The largest absolute Gasteiger partial charge is 0.377 e. The van der Waals surface area contributed by atoms with E-state index < -0.39 is 0 Å². The molecule has 1 aromatic rings. The second kappa shape index (κ2) is 3.37. The molecule has 0 radical (unpaired) electrons. The molecule has 3 heteroatoms. The van der Waals surface area contributed by atoms with Crippen LogP contribution >= 0.6 is 0 Å². The van der Waals surface area contributed by atoms with Crippen LogP contribution in [0.3, 0.4) is 0 Å². The van der Waals surface area contributed by atoms with E-state index in [1.165, 1.54) is 0 Å². The maximum Gasteiger partial charge on any atom is 0.162 e. The van der Waals surface area contributed by atoms with E-state index in [0.717, 1.165) is 17.9 Å². The van der Waals surface area contributed by atoms with Gasteiger partial charge in [-0.15, -0.1) is 0 Å². The summed E-state index contributed by atoms with van der Waals surface area (Å²) in [4.78, 5) is 0. The van der Waals surface area contributed by atoms with E-state index in [-0.39, 0.29) is 0 Å². The Morgan fingerprint density at radius 2 is 2.50 bits per heavy atom. The van der Waals surface area contributed by atoms with Crippen molar-refractivity contribution in [1.82, 2.24) is 5.16 Å². The van der Waals surface area contributed by atoms with E-state index in [2.05, 4.69) is 5.16 Å². The zero-order valence-corrected chi connectivity index (χ0v) is 6.26. The number of nitrogens with zero attached hydrogens (tertiary/aromatic N) is 1. The summed E-state index contributed by atoms with van der Waals surface area (Å²) in [5.41, 5.74) is 0.979. The molecule has 1 rings (SSSR count). The van der Waals surface area contributed by atoms with Gasteiger partial charge in [0.05, 0.1) is 5.69 Å². The van der Waals surface area contributed by atoms with E-state index >= 15 is 0 Å². The second-order valence-corrected chi connectivity index (χ2v) is 2.07. The van der Waals surface area contributed by atoms with Crippen molar-refractivity contribution in [3.05, 3.63) is 17.5 Å². The molecule has 0 aliphatic heterocycles. The van der Waals surface area contributed by atoms with Crippen LogP contribution in [0.25, 0.3) is 0 Å². The minimum atomic E-state index is 0.507. The monoisotopic (exact) mass is 141 g/mol. The van der Waals surface area contributed by atoms with Crippen LogP contribution in [0.15, 0.2) is 10.6 Å². The quantitative estimate of drug-likeness (QED) is 0.638. The van der Waals surface area contributed by atoms with Crippen LogP contribution in [-0.2, 0) is 17.8 Å². The molecule has 0 saturated heterocycles. The molecule has 0 fully saturated rings. The van der Waals surface area contributed by atoms with Crippen molar-refractivity contribution in [1.29, 1.82) is 0 Å². The number of ether oxygens (including phenoxy) is 1. The van der Waals surface area contributed by atoms with E-state index in [0.29, 0.717) is 6.61 Å². The maximum absolute atomic E-state index is 4.92. The van der Waals surface area contributed by atoms with Crippen molar-refractivity contribution >= 4 is 0 Å². The van der Waals surface area contributed by atoms with E-state index in [1.54, 1.807) is 7.11 Å². The Bertz CT molecular complexity index is 195. The third-order valence-electron chi connectivity index (χ3n) is 1.26. The summed E-state index contributed by atoms with van der Waals surface area (Å²) in [5, 5.41) is 3.80. The molecular formula is C7H11NO2. The summed E-state index contributed by atoms with van der Waals surface area (Å²) in [6, 6.07) is 1.91. The van der Waals surface area contributed by atoms with Crippen LogP contribution in [0.4, 0.5) is 0 Å². The second-order valence-electron chi connectivity index (χ2n) is 2.07. The summed E-state index contributed by atoms with van der Waals surface area (Å²) in [6.45, 7) is 2.54. The predicted octanol–water partition coefficient (Wildman–Crippen LogP) is 1.38. The van der Waals surface area contributed by atoms with E-state index in [4.69, 9.17) is 9.26 Å². The van der Waals surface area contributed by atoms with Gasteiger partial charge < -0.3 is 9.26 Å². The molecule has 0 aliphatic rings. The molecule has 0 spiro atoms. The normalized spacial score (nSPS) is 10.2. The fourth-order valence-corrected chi connectivity index (χ4v) is 0.733. The van der Waals surface area contributed by atoms with Crippen LogP contribution < -0.4 is 0 Å². The highest BCUT2D eigenvalue weighted by Gasteiger charge is 1.99. The number of rotatable bonds is 3. The number of methoxy groups -OCH3 is 1. The fraction of sp³-hybridized carbons (Fsp3) is 0.571. The topological polar surface area (TPSA) is 35.3 Å². The van der Waals surface area contributed by atoms with Gasteiger partial charge in [-0.3, -0.25) is 0 Å². The standard InChI is InChI=1S/C7H11NO2/c1-3-6-4-7(5-9-2)10-8-6/h4H,3,5H2,1-2H3. The number of aryl methyl sites for hydroxylation is 1. The first kappa shape index (κ1) is 7.28. The molecule has 0 saturated carbocycles. The molecule has 56 valence electrons. The van der Waals surface area contributed by atoms with Gasteiger partial charge in [0.1, 0.15) is 6.61 Å². The Morgan fingerprint density at radius 3 is 3.00 bits per heavy atom. The lowest BCUT2D eigenvalue weighted by Crippen LogP contribution is -1.82. The lowest BCUT2D eigenvalue weighted by molar-refractivity contribution is 0.156. The SMILES string of the molecule is CCc1cc(COC)on1. The average molecular weight is 141 g/mol. The molecule has 0 aliphatic carbocycles. The highest BCUT2D eigenvalue weighted by Crippen LogP contribution is 2.04. The maximum atomic E-state index is 4.92. The molecule has 10 heavy (non-hydrogen) atoms. The third kappa shape index (κ3) is 1.57. The van der Waals surface area contributed by atoms with Gasteiger partial charge in [0.25, 0.3) is 0 Å². The van der Waals surface area contributed by atoms with Gasteiger partial charge in [0.15, 0.2) is 5.76 Å². The van der Waals surface area contributed by atoms with Crippen molar-refractivity contribution in [2.45, 2.75) is 20.0 Å². The highest BCUT2D eigenvalue weighted by molar-refractivity contribution is 5.03. The van der Waals surface area contributed by atoms with Crippen molar-refractivity contribution in [3.63, 3.8) is 0 Å². The first-order valence-electron chi connectivity index (χ1n) is 3.30. The molecule has 0 aromatic carbocycles. The van der Waals surface area contributed by atoms with Crippen molar-refractivity contribution < 1.29 is 9.26 Å². The Kier molecular flexibility index (Phi) is 2.45. The van der Waals surface area contributed by atoms with Crippen LogP contribution in [-0.4, -0.2) is 12.3 Å². The molecule has 3 nitrogen and oxygen atoms in total. The minimum Gasteiger partial charge on any atom is -0.377 e. The zero-order chi connectivity index (χ0) is 7.40. The molecule has 0 atom stereocenters. The fourth-order valence-electron chi connectivity index (χ4n) is 0.733. The summed E-state index contributed by atoms with van der Waals surface area (Å²) >= 11 is 0. The van der Waals surface area contributed by atoms with Crippen molar-refractivity contribution in [3.8, 4) is 0 Å². The molecule has 1 heterocycles. The molecule has 0 amide bonds. The summed E-state index contributed by atoms with van der Waals surface area (Å²) in [5.74, 6) is 0.791. The van der Waals surface area contributed by atoms with E-state index in [1.807, 2.05) is 13.0 Å². The first-order valence-corrected chi connectivity index (χ1v) is 3.30. The average Bonchev–Trinajstić information content (AvgIpc) is 2.37. The predicted molar refractivity (Wildman–Crippen MR) is 36.6 cm³/mol. The van der Waals surface area contributed by atoms with Gasteiger partial charge in [0.2, 0.25) is 0 Å². The molecule has 0 unspecified atom stereocenters. The summed E-state index contributed by atoms with van der Waals surface area (Å²) in [6.07, 6.45) is 0.910. The van der Waals surface area contributed by atoms with E-state index in [9.17, 15) is 0 Å². The van der Waals surface area contributed by atoms with Gasteiger partial charge >= 0.3 is 0 Å². The Morgan fingerprint density at radius 1 is 1.70 bits per heavy atom. The number of aromatic nitrogens is 1. The lowest BCUT2D eigenvalue weighted by atomic mass is 10.3. The van der Waals surface area contributed by atoms with Crippen LogP contribution in [0.1, 0.15) is 18.4 Å². The van der Waals surface area contributed by atoms with Crippen LogP contribution in [0.5, 0.6) is 0 Å². The van der Waals surface area contributed by atoms with Crippen molar-refractivity contribution in [2.24, 2.45) is 0 Å². The Balaban J connectivity index is 2.59. The van der Waals surface area contributed by atoms with Gasteiger partial charge in [-0.1, -0.05) is 12.1 Å². The summed E-state index contributed by atoms with van der Waals surface area (Å²) in [7, 11) is 1.63. The number of hydrogen-bond acceptors (Lipinski definition) is 3. The molecule has 0 N–H and O–H groups in total. The van der Waals surface area contributed by atoms with Gasteiger partial charge in [0, 0.05) is 13.2 Å². The summed E-state index contributed by atoms with van der Waals surface area (Å²) < 4.78 is 9.77. The van der Waals surface area contributed by atoms with Gasteiger partial charge in [-0.2, -0.15) is 0 Å². The molecule has 1 aromatic heterocycles. The Labute approximate surface area is 60.0 Å². The van der Waals surface area contributed by atoms with Crippen molar-refractivity contribution in [2.75, 3.05) is 7.11 Å². The first-order chi connectivity index (χ1) is 4.86. The highest BCUT2D eigenvalue weighted by atomic mass is 16.5. The molecular weight excluding hydrogens is 130 g/mol. The van der Waals surface area contributed by atoms with Gasteiger partial charge in [-0.25, -0.2) is 0 Å². The number of hydrogen-bond donors (Lipinski definition) is 0. The third-order valence-corrected chi connectivity index (χ3v) is 1.26. The van der Waals surface area contributed by atoms with Crippen LogP contribution in [0.2, 0.25) is 0 Å².